The summed E-state index contributed by atoms with van der Waals surface area (Å²) in [5.41, 5.74) is 0.638. The highest BCUT2D eigenvalue weighted by Gasteiger charge is 2.13. The van der Waals surface area contributed by atoms with Crippen LogP contribution in [0.2, 0.25) is 0 Å². The molecule has 0 bridgehead atoms. The van der Waals surface area contributed by atoms with E-state index in [1.807, 2.05) is 0 Å². The maximum Gasteiger partial charge on any atom is 0.254 e. The van der Waals surface area contributed by atoms with Crippen molar-refractivity contribution in [1.82, 2.24) is 5.32 Å². The van der Waals surface area contributed by atoms with Crippen molar-refractivity contribution >= 4 is 21.8 Å². The molecular weight excluding hydrogens is 282 g/mol. The summed E-state index contributed by atoms with van der Waals surface area (Å²) in [7, 11) is 0. The van der Waals surface area contributed by atoms with E-state index in [1.54, 1.807) is 19.3 Å². The van der Waals surface area contributed by atoms with E-state index >= 15 is 0 Å². The van der Waals surface area contributed by atoms with Gasteiger partial charge in [0, 0.05) is 11.9 Å². The van der Waals surface area contributed by atoms with Gasteiger partial charge < -0.3 is 9.73 Å². The molecule has 1 N–H and O–H groups in total. The van der Waals surface area contributed by atoms with Gasteiger partial charge in [-0.25, -0.2) is 0 Å². The topological polar surface area (TPSA) is 42.2 Å². The Hall–Kier alpha value is -0.770. The van der Waals surface area contributed by atoms with Crippen molar-refractivity contribution in [2.24, 2.45) is 5.92 Å². The fourth-order valence-electron chi connectivity index (χ4n) is 1.86. The van der Waals surface area contributed by atoms with Gasteiger partial charge in [-0.05, 0) is 31.7 Å². The molecule has 0 aliphatic heterocycles. The minimum atomic E-state index is -0.0353. The highest BCUT2D eigenvalue weighted by atomic mass is 79.9. The Morgan fingerprint density at radius 3 is 2.82 bits per heavy atom. The summed E-state index contributed by atoms with van der Waals surface area (Å²) < 4.78 is 5.12. The Labute approximate surface area is 111 Å². The van der Waals surface area contributed by atoms with Crippen molar-refractivity contribution in [1.29, 1.82) is 0 Å². The molecule has 0 fully saturated rings. The predicted molar refractivity (Wildman–Crippen MR) is 72.6 cm³/mol. The normalized spacial score (nSPS) is 12.4. The Bertz CT molecular complexity index is 343. The maximum absolute atomic E-state index is 11.9. The van der Waals surface area contributed by atoms with Crippen LogP contribution in [0.5, 0.6) is 0 Å². The van der Waals surface area contributed by atoms with E-state index in [2.05, 4.69) is 28.2 Å². The number of carbonyl (C=O) groups is 1. The number of aryl methyl sites for hydroxylation is 1. The van der Waals surface area contributed by atoms with Gasteiger partial charge >= 0.3 is 0 Å². The first-order valence-corrected chi connectivity index (χ1v) is 7.19. The molecule has 96 valence electrons. The van der Waals surface area contributed by atoms with Crippen molar-refractivity contribution in [3.63, 3.8) is 0 Å². The van der Waals surface area contributed by atoms with Gasteiger partial charge in [0.2, 0.25) is 0 Å². The molecule has 0 spiro atoms. The summed E-state index contributed by atoms with van der Waals surface area (Å²) >= 11 is 3.45. The summed E-state index contributed by atoms with van der Waals surface area (Å²) in [6, 6.07) is 1.71. The second-order valence-corrected chi connectivity index (χ2v) is 5.03. The number of alkyl halides is 1. The van der Waals surface area contributed by atoms with Gasteiger partial charge in [0.1, 0.15) is 5.76 Å². The fraction of sp³-hybridized carbons (Fsp3) is 0.615. The third kappa shape index (κ3) is 4.54. The molecule has 0 radical (unpaired) electrons. The minimum Gasteiger partial charge on any atom is -0.469 e. The van der Waals surface area contributed by atoms with Crippen LogP contribution >= 0.6 is 15.9 Å². The molecule has 0 saturated heterocycles. The number of rotatable bonds is 7. The molecule has 1 amide bonds. The number of nitrogens with one attached hydrogen (secondary N) is 1. The zero-order chi connectivity index (χ0) is 12.7. The van der Waals surface area contributed by atoms with Crippen molar-refractivity contribution < 1.29 is 9.21 Å². The molecule has 0 aliphatic rings. The quantitative estimate of drug-likeness (QED) is 0.783. The monoisotopic (exact) mass is 301 g/mol. The first-order valence-electron chi connectivity index (χ1n) is 6.07. The van der Waals surface area contributed by atoms with Crippen LogP contribution in [-0.2, 0) is 0 Å². The van der Waals surface area contributed by atoms with Crippen molar-refractivity contribution in [3.05, 3.63) is 23.7 Å². The zero-order valence-electron chi connectivity index (χ0n) is 10.5. The molecule has 0 saturated carbocycles. The lowest BCUT2D eigenvalue weighted by Crippen LogP contribution is -2.29. The lowest BCUT2D eigenvalue weighted by atomic mass is 10.0. The van der Waals surface area contributed by atoms with E-state index in [9.17, 15) is 4.79 Å². The summed E-state index contributed by atoms with van der Waals surface area (Å²) in [6.45, 7) is 4.71. The fourth-order valence-corrected chi connectivity index (χ4v) is 2.51. The van der Waals surface area contributed by atoms with Crippen molar-refractivity contribution in [3.8, 4) is 0 Å². The van der Waals surface area contributed by atoms with Gasteiger partial charge in [0.05, 0.1) is 11.8 Å². The predicted octanol–water partition coefficient (Wildman–Crippen LogP) is 3.52. The minimum absolute atomic E-state index is 0.0353. The van der Waals surface area contributed by atoms with Crippen LogP contribution in [-0.4, -0.2) is 17.8 Å². The highest BCUT2D eigenvalue weighted by molar-refractivity contribution is 9.09. The average Bonchev–Trinajstić information content (AvgIpc) is 2.72. The lowest BCUT2D eigenvalue weighted by molar-refractivity contribution is 0.0944. The molecule has 1 atom stereocenters. The van der Waals surface area contributed by atoms with E-state index in [-0.39, 0.29) is 5.91 Å². The Balaban J connectivity index is 2.43. The number of carbonyl (C=O) groups excluding carboxylic acids is 1. The largest absolute Gasteiger partial charge is 0.469 e. The molecule has 4 heteroatoms. The van der Waals surface area contributed by atoms with Gasteiger partial charge in [0.25, 0.3) is 5.91 Å². The van der Waals surface area contributed by atoms with Crippen LogP contribution < -0.4 is 5.32 Å². The molecular formula is C13H20BrNO2. The molecule has 1 heterocycles. The van der Waals surface area contributed by atoms with Crippen LogP contribution in [0.1, 0.15) is 42.3 Å². The molecule has 1 unspecified atom stereocenters. The molecule has 0 aliphatic carbocycles. The maximum atomic E-state index is 11.9. The van der Waals surface area contributed by atoms with E-state index in [0.717, 1.165) is 31.1 Å². The number of hydrogen-bond donors (Lipinski definition) is 1. The van der Waals surface area contributed by atoms with Gasteiger partial charge in [0.15, 0.2) is 0 Å². The van der Waals surface area contributed by atoms with E-state index in [0.29, 0.717) is 17.2 Å². The van der Waals surface area contributed by atoms with E-state index < -0.39 is 0 Å². The summed E-state index contributed by atoms with van der Waals surface area (Å²) in [6.07, 6.45) is 4.94. The molecule has 3 nitrogen and oxygen atoms in total. The number of furan rings is 1. The molecule has 1 aromatic heterocycles. The smallest absolute Gasteiger partial charge is 0.254 e. The Morgan fingerprint density at radius 1 is 1.53 bits per heavy atom. The first-order chi connectivity index (χ1) is 8.19. The van der Waals surface area contributed by atoms with Crippen molar-refractivity contribution in [2.75, 3.05) is 11.9 Å². The summed E-state index contributed by atoms with van der Waals surface area (Å²) in [5.74, 6) is 1.19. The number of halogens is 1. The second-order valence-electron chi connectivity index (χ2n) is 4.23. The SMILES string of the molecule is CCCC(CCBr)CNC(=O)c1ccoc1C. The average molecular weight is 302 g/mol. The number of amides is 1. The Kier molecular flexibility index (Phi) is 6.34. The third-order valence-electron chi connectivity index (χ3n) is 2.87. The third-order valence-corrected chi connectivity index (χ3v) is 3.33. The summed E-state index contributed by atoms with van der Waals surface area (Å²) in [4.78, 5) is 11.9. The van der Waals surface area contributed by atoms with Gasteiger partial charge in [-0.1, -0.05) is 29.3 Å². The number of hydrogen-bond acceptors (Lipinski definition) is 2. The van der Waals surface area contributed by atoms with E-state index in [4.69, 9.17) is 4.42 Å². The van der Waals surface area contributed by atoms with Crippen LogP contribution in [0.15, 0.2) is 16.7 Å². The lowest BCUT2D eigenvalue weighted by Gasteiger charge is -2.15. The van der Waals surface area contributed by atoms with Gasteiger partial charge in [-0.2, -0.15) is 0 Å². The van der Waals surface area contributed by atoms with Gasteiger partial charge in [-0.3, -0.25) is 4.79 Å². The van der Waals surface area contributed by atoms with Crippen LogP contribution in [0.4, 0.5) is 0 Å². The van der Waals surface area contributed by atoms with E-state index in [1.165, 1.54) is 0 Å². The molecule has 1 aromatic rings. The molecule has 0 aromatic carbocycles. The highest BCUT2D eigenvalue weighted by Crippen LogP contribution is 2.13. The van der Waals surface area contributed by atoms with Crippen LogP contribution in [0, 0.1) is 12.8 Å². The Morgan fingerprint density at radius 2 is 2.29 bits per heavy atom. The van der Waals surface area contributed by atoms with Crippen LogP contribution in [0.3, 0.4) is 0 Å². The molecule has 17 heavy (non-hydrogen) atoms. The second kappa shape index (κ2) is 7.54. The van der Waals surface area contributed by atoms with Crippen LogP contribution in [0.25, 0.3) is 0 Å². The standard InChI is InChI=1S/C13H20BrNO2/c1-3-4-11(5-7-14)9-15-13(16)12-6-8-17-10(12)2/h6,8,11H,3-5,7,9H2,1-2H3,(H,15,16). The first kappa shape index (κ1) is 14.3. The summed E-state index contributed by atoms with van der Waals surface area (Å²) in [5, 5.41) is 3.96. The van der Waals surface area contributed by atoms with Gasteiger partial charge in [-0.15, -0.1) is 0 Å². The zero-order valence-corrected chi connectivity index (χ0v) is 12.0. The molecule has 1 rings (SSSR count). The van der Waals surface area contributed by atoms with Crippen molar-refractivity contribution in [2.45, 2.75) is 33.1 Å².